The standard InChI is InChI=1S/C16H18ClN3O/c17-15-4-2-1-3-13(15)11-18-14-5-6-16(19-12-14)20-7-9-21-10-8-20/h1-6,12,18H,7-11H2. The van der Waals surface area contributed by atoms with Gasteiger partial charge in [0.2, 0.25) is 0 Å². The highest BCUT2D eigenvalue weighted by molar-refractivity contribution is 6.31. The third kappa shape index (κ3) is 3.65. The molecule has 2 aromatic rings. The first-order valence-electron chi connectivity index (χ1n) is 7.09. The summed E-state index contributed by atoms with van der Waals surface area (Å²) >= 11 is 6.14. The molecule has 1 aliphatic rings. The van der Waals surface area contributed by atoms with Crippen molar-refractivity contribution < 1.29 is 4.74 Å². The fourth-order valence-electron chi connectivity index (χ4n) is 2.31. The molecule has 1 fully saturated rings. The first-order valence-corrected chi connectivity index (χ1v) is 7.47. The van der Waals surface area contributed by atoms with Crippen molar-refractivity contribution in [1.29, 1.82) is 0 Å². The Labute approximate surface area is 129 Å². The molecule has 0 unspecified atom stereocenters. The number of pyridine rings is 1. The highest BCUT2D eigenvalue weighted by Gasteiger charge is 2.11. The minimum Gasteiger partial charge on any atom is -0.380 e. The Morgan fingerprint density at radius 2 is 1.95 bits per heavy atom. The Morgan fingerprint density at radius 1 is 1.14 bits per heavy atom. The van der Waals surface area contributed by atoms with Crippen LogP contribution in [0.4, 0.5) is 11.5 Å². The number of benzene rings is 1. The molecule has 3 rings (SSSR count). The number of hydrogen-bond donors (Lipinski definition) is 1. The van der Waals surface area contributed by atoms with E-state index in [2.05, 4.69) is 21.3 Å². The summed E-state index contributed by atoms with van der Waals surface area (Å²) in [6.45, 7) is 4.04. The second kappa shape index (κ2) is 6.78. The number of morpholine rings is 1. The Bertz CT molecular complexity index is 582. The van der Waals surface area contributed by atoms with Gasteiger partial charge in [0.1, 0.15) is 5.82 Å². The highest BCUT2D eigenvalue weighted by Crippen LogP contribution is 2.18. The summed E-state index contributed by atoms with van der Waals surface area (Å²) in [5, 5.41) is 4.12. The molecule has 110 valence electrons. The van der Waals surface area contributed by atoms with E-state index in [1.54, 1.807) is 0 Å². The van der Waals surface area contributed by atoms with Crippen LogP contribution in [0.15, 0.2) is 42.6 Å². The molecule has 0 aliphatic carbocycles. The smallest absolute Gasteiger partial charge is 0.128 e. The van der Waals surface area contributed by atoms with Gasteiger partial charge in [0, 0.05) is 24.7 Å². The minimum absolute atomic E-state index is 0.693. The normalized spacial score (nSPS) is 15.0. The Hall–Kier alpha value is -1.78. The molecule has 0 atom stereocenters. The number of rotatable bonds is 4. The van der Waals surface area contributed by atoms with Crippen molar-refractivity contribution in [1.82, 2.24) is 4.98 Å². The van der Waals surface area contributed by atoms with Crippen LogP contribution in [0.25, 0.3) is 0 Å². The summed E-state index contributed by atoms with van der Waals surface area (Å²) in [5.41, 5.74) is 2.07. The SMILES string of the molecule is Clc1ccccc1CNc1ccc(N2CCOCC2)nc1. The van der Waals surface area contributed by atoms with E-state index in [1.807, 2.05) is 36.5 Å². The molecule has 5 heteroatoms. The molecule has 2 heterocycles. The summed E-state index contributed by atoms with van der Waals surface area (Å²) in [5.74, 6) is 1.00. The molecule has 0 amide bonds. The maximum atomic E-state index is 6.14. The van der Waals surface area contributed by atoms with E-state index in [0.717, 1.165) is 48.4 Å². The summed E-state index contributed by atoms with van der Waals surface area (Å²) < 4.78 is 5.35. The van der Waals surface area contributed by atoms with E-state index in [4.69, 9.17) is 16.3 Å². The minimum atomic E-state index is 0.693. The first kappa shape index (κ1) is 14.2. The summed E-state index contributed by atoms with van der Waals surface area (Å²) in [4.78, 5) is 6.75. The van der Waals surface area contributed by atoms with Crippen molar-refractivity contribution in [3.8, 4) is 0 Å². The number of hydrogen-bond acceptors (Lipinski definition) is 4. The largest absolute Gasteiger partial charge is 0.380 e. The molecular formula is C16H18ClN3O. The number of aromatic nitrogens is 1. The average molecular weight is 304 g/mol. The lowest BCUT2D eigenvalue weighted by Crippen LogP contribution is -2.36. The lowest BCUT2D eigenvalue weighted by molar-refractivity contribution is 0.122. The van der Waals surface area contributed by atoms with Gasteiger partial charge in [-0.05, 0) is 23.8 Å². The predicted molar refractivity (Wildman–Crippen MR) is 86.0 cm³/mol. The van der Waals surface area contributed by atoms with Crippen molar-refractivity contribution >= 4 is 23.1 Å². The highest BCUT2D eigenvalue weighted by atomic mass is 35.5. The fraction of sp³-hybridized carbons (Fsp3) is 0.312. The topological polar surface area (TPSA) is 37.4 Å². The van der Waals surface area contributed by atoms with Crippen LogP contribution < -0.4 is 10.2 Å². The van der Waals surface area contributed by atoms with Crippen LogP contribution in [0.1, 0.15) is 5.56 Å². The Morgan fingerprint density at radius 3 is 2.67 bits per heavy atom. The maximum absolute atomic E-state index is 6.14. The molecule has 4 nitrogen and oxygen atoms in total. The van der Waals surface area contributed by atoms with E-state index in [9.17, 15) is 0 Å². The molecular weight excluding hydrogens is 286 g/mol. The third-order valence-corrected chi connectivity index (χ3v) is 3.89. The zero-order valence-corrected chi connectivity index (χ0v) is 12.5. The second-order valence-corrected chi connectivity index (χ2v) is 5.36. The van der Waals surface area contributed by atoms with Gasteiger partial charge in [-0.2, -0.15) is 0 Å². The number of nitrogens with zero attached hydrogens (tertiary/aromatic N) is 2. The Kier molecular flexibility index (Phi) is 4.58. The summed E-state index contributed by atoms with van der Waals surface area (Å²) in [6, 6.07) is 11.9. The van der Waals surface area contributed by atoms with Gasteiger partial charge in [-0.3, -0.25) is 0 Å². The molecule has 0 saturated carbocycles. The predicted octanol–water partition coefficient (Wildman–Crippen LogP) is 3.18. The van der Waals surface area contributed by atoms with Gasteiger partial charge >= 0.3 is 0 Å². The van der Waals surface area contributed by atoms with Gasteiger partial charge in [0.05, 0.1) is 25.1 Å². The van der Waals surface area contributed by atoms with Crippen LogP contribution in [-0.4, -0.2) is 31.3 Å². The van der Waals surface area contributed by atoms with Gasteiger partial charge in [0.15, 0.2) is 0 Å². The van der Waals surface area contributed by atoms with Gasteiger partial charge in [-0.25, -0.2) is 4.98 Å². The van der Waals surface area contributed by atoms with E-state index >= 15 is 0 Å². The number of anilines is 2. The second-order valence-electron chi connectivity index (χ2n) is 4.95. The van der Waals surface area contributed by atoms with Gasteiger partial charge in [0.25, 0.3) is 0 Å². The zero-order valence-electron chi connectivity index (χ0n) is 11.8. The van der Waals surface area contributed by atoms with Crippen LogP contribution in [0.5, 0.6) is 0 Å². The van der Waals surface area contributed by atoms with Gasteiger partial charge < -0.3 is 15.0 Å². The molecule has 21 heavy (non-hydrogen) atoms. The molecule has 0 bridgehead atoms. The molecule has 1 saturated heterocycles. The molecule has 1 aliphatic heterocycles. The van der Waals surface area contributed by atoms with Gasteiger partial charge in [-0.1, -0.05) is 29.8 Å². The lowest BCUT2D eigenvalue weighted by Gasteiger charge is -2.27. The van der Waals surface area contributed by atoms with Crippen molar-refractivity contribution in [2.75, 3.05) is 36.5 Å². The quantitative estimate of drug-likeness (QED) is 0.941. The van der Waals surface area contributed by atoms with Crippen LogP contribution in [0.3, 0.4) is 0 Å². The number of nitrogens with one attached hydrogen (secondary N) is 1. The van der Waals surface area contributed by atoms with Gasteiger partial charge in [-0.15, -0.1) is 0 Å². The molecule has 0 radical (unpaired) electrons. The van der Waals surface area contributed by atoms with E-state index in [0.29, 0.717) is 6.54 Å². The van der Waals surface area contributed by atoms with Crippen LogP contribution in [-0.2, 0) is 11.3 Å². The van der Waals surface area contributed by atoms with Crippen LogP contribution in [0, 0.1) is 0 Å². The lowest BCUT2D eigenvalue weighted by atomic mass is 10.2. The fourth-order valence-corrected chi connectivity index (χ4v) is 2.51. The molecule has 1 aromatic heterocycles. The number of ether oxygens (including phenoxy) is 1. The Balaban J connectivity index is 1.60. The van der Waals surface area contributed by atoms with E-state index in [1.165, 1.54) is 0 Å². The number of halogens is 1. The van der Waals surface area contributed by atoms with Crippen molar-refractivity contribution in [2.24, 2.45) is 0 Å². The van der Waals surface area contributed by atoms with E-state index < -0.39 is 0 Å². The van der Waals surface area contributed by atoms with Crippen molar-refractivity contribution in [2.45, 2.75) is 6.54 Å². The molecule has 0 spiro atoms. The average Bonchev–Trinajstić information content (AvgIpc) is 2.55. The van der Waals surface area contributed by atoms with Crippen molar-refractivity contribution in [3.63, 3.8) is 0 Å². The molecule has 1 aromatic carbocycles. The maximum Gasteiger partial charge on any atom is 0.128 e. The van der Waals surface area contributed by atoms with Crippen molar-refractivity contribution in [3.05, 3.63) is 53.2 Å². The summed E-state index contributed by atoms with van der Waals surface area (Å²) in [7, 11) is 0. The molecule has 1 N–H and O–H groups in total. The first-order chi connectivity index (χ1) is 10.3. The van der Waals surface area contributed by atoms with Crippen LogP contribution >= 0.6 is 11.6 Å². The van der Waals surface area contributed by atoms with Crippen LogP contribution in [0.2, 0.25) is 5.02 Å². The third-order valence-electron chi connectivity index (χ3n) is 3.52. The zero-order chi connectivity index (χ0) is 14.5. The monoisotopic (exact) mass is 303 g/mol. The van der Waals surface area contributed by atoms with E-state index in [-0.39, 0.29) is 0 Å². The summed E-state index contributed by atoms with van der Waals surface area (Å²) in [6.07, 6.45) is 1.86.